The maximum atomic E-state index is 14.0. The number of rotatable bonds is 6. The van der Waals surface area contributed by atoms with Gasteiger partial charge in [0.1, 0.15) is 17.4 Å². The lowest BCUT2D eigenvalue weighted by Crippen LogP contribution is -2.49. The number of hydrogen-bond acceptors (Lipinski definition) is 6. The fourth-order valence-electron chi connectivity index (χ4n) is 3.41. The molecule has 0 spiro atoms. The second-order valence-corrected chi connectivity index (χ2v) is 9.63. The lowest BCUT2D eigenvalue weighted by Gasteiger charge is -2.33. The van der Waals surface area contributed by atoms with Gasteiger partial charge in [0.05, 0.1) is 12.3 Å². The molecular weight excluding hydrogens is 444 g/mol. The van der Waals surface area contributed by atoms with Crippen LogP contribution in [0.25, 0.3) is 11.3 Å². The summed E-state index contributed by atoms with van der Waals surface area (Å²) < 4.78 is 60.1. The third kappa shape index (κ3) is 4.41. The minimum atomic E-state index is -4.25. The number of anilines is 1. The number of nitrogens with zero attached hydrogens (tertiary/aromatic N) is 3. The van der Waals surface area contributed by atoms with E-state index >= 15 is 0 Å². The lowest BCUT2D eigenvalue weighted by molar-refractivity contribution is 0.340. The first-order valence-electron chi connectivity index (χ1n) is 9.78. The molecule has 0 unspecified atom stereocenters. The molecule has 0 aliphatic carbocycles. The maximum Gasteiger partial charge on any atom is 0.249 e. The summed E-state index contributed by atoms with van der Waals surface area (Å²) in [7, 11) is -4.25. The smallest absolute Gasteiger partial charge is 0.249 e. The van der Waals surface area contributed by atoms with Gasteiger partial charge in [0, 0.05) is 37.1 Å². The van der Waals surface area contributed by atoms with Crippen molar-refractivity contribution in [1.29, 1.82) is 0 Å². The minimum Gasteiger partial charge on any atom is -0.494 e. The van der Waals surface area contributed by atoms with E-state index in [0.29, 0.717) is 19.7 Å². The first-order valence-corrected chi connectivity index (χ1v) is 12.1. The summed E-state index contributed by atoms with van der Waals surface area (Å²) in [6, 6.07) is 10.7. The standard InChI is InChI=1S/C21H21F2N3O3S2/c1-2-29-16-8-6-15(7-9-16)19-14-30-21(24-19)25-10-12-26(13-11-25)31(27,28)20-17(22)4-3-5-18(20)23/h3-9,14H,2,10-13H2,1H3. The van der Waals surface area contributed by atoms with E-state index in [-0.39, 0.29) is 13.1 Å². The number of thiazole rings is 1. The van der Waals surface area contributed by atoms with E-state index in [9.17, 15) is 17.2 Å². The fourth-order valence-corrected chi connectivity index (χ4v) is 5.83. The second kappa shape index (κ2) is 8.89. The normalized spacial score (nSPS) is 15.3. The van der Waals surface area contributed by atoms with Gasteiger partial charge < -0.3 is 9.64 Å². The van der Waals surface area contributed by atoms with E-state index in [1.54, 1.807) is 0 Å². The molecule has 1 aromatic heterocycles. The van der Waals surface area contributed by atoms with Gasteiger partial charge in [0.2, 0.25) is 10.0 Å². The molecule has 0 atom stereocenters. The number of hydrogen-bond donors (Lipinski definition) is 0. The Labute approximate surface area is 183 Å². The fraction of sp³-hybridized carbons (Fsp3) is 0.286. The third-order valence-corrected chi connectivity index (χ3v) is 7.83. The first kappa shape index (κ1) is 21.7. The number of aromatic nitrogens is 1. The van der Waals surface area contributed by atoms with E-state index < -0.39 is 26.6 Å². The number of halogens is 2. The molecule has 1 aliphatic heterocycles. The van der Waals surface area contributed by atoms with Gasteiger partial charge in [-0.2, -0.15) is 4.31 Å². The summed E-state index contributed by atoms with van der Waals surface area (Å²) in [6.45, 7) is 3.53. The predicted octanol–water partition coefficient (Wildman–Crippen LogP) is 4.00. The molecule has 6 nitrogen and oxygen atoms in total. The number of sulfonamides is 1. The van der Waals surface area contributed by atoms with Crippen LogP contribution in [0.2, 0.25) is 0 Å². The van der Waals surface area contributed by atoms with E-state index in [2.05, 4.69) is 4.98 Å². The van der Waals surface area contributed by atoms with Gasteiger partial charge in [-0.3, -0.25) is 0 Å². The summed E-state index contributed by atoms with van der Waals surface area (Å²) in [6.07, 6.45) is 0. The summed E-state index contributed by atoms with van der Waals surface area (Å²) >= 11 is 1.47. The topological polar surface area (TPSA) is 62.7 Å². The molecule has 3 aromatic rings. The maximum absolute atomic E-state index is 14.0. The van der Waals surface area contributed by atoms with Crippen molar-refractivity contribution in [3.8, 4) is 17.0 Å². The number of piperazine rings is 1. The van der Waals surface area contributed by atoms with Crippen LogP contribution in [0, 0.1) is 11.6 Å². The largest absolute Gasteiger partial charge is 0.494 e. The highest BCUT2D eigenvalue weighted by molar-refractivity contribution is 7.89. The highest BCUT2D eigenvalue weighted by Crippen LogP contribution is 2.30. The summed E-state index contributed by atoms with van der Waals surface area (Å²) in [5.74, 6) is -1.37. The van der Waals surface area contributed by atoms with Crippen molar-refractivity contribution in [1.82, 2.24) is 9.29 Å². The zero-order chi connectivity index (χ0) is 22.0. The molecule has 2 aromatic carbocycles. The van der Waals surface area contributed by atoms with Gasteiger partial charge in [0.15, 0.2) is 10.0 Å². The summed E-state index contributed by atoms with van der Waals surface area (Å²) in [5, 5.41) is 2.72. The van der Waals surface area contributed by atoms with E-state index in [4.69, 9.17) is 4.74 Å². The van der Waals surface area contributed by atoms with Crippen LogP contribution in [0.1, 0.15) is 6.92 Å². The molecule has 0 amide bonds. The van der Waals surface area contributed by atoms with Crippen molar-refractivity contribution in [2.24, 2.45) is 0 Å². The van der Waals surface area contributed by atoms with Crippen LogP contribution in [0.15, 0.2) is 52.7 Å². The summed E-state index contributed by atoms with van der Waals surface area (Å²) in [4.78, 5) is 5.75. The Balaban J connectivity index is 1.45. The molecule has 1 aliphatic rings. The molecule has 31 heavy (non-hydrogen) atoms. The van der Waals surface area contributed by atoms with Gasteiger partial charge in [-0.1, -0.05) is 6.07 Å². The monoisotopic (exact) mass is 465 g/mol. The van der Waals surface area contributed by atoms with Crippen molar-refractivity contribution >= 4 is 26.5 Å². The van der Waals surface area contributed by atoms with Crippen LogP contribution >= 0.6 is 11.3 Å². The first-order chi connectivity index (χ1) is 14.9. The van der Waals surface area contributed by atoms with Crippen LogP contribution in [0.4, 0.5) is 13.9 Å². The van der Waals surface area contributed by atoms with Crippen LogP contribution in [0.5, 0.6) is 5.75 Å². The van der Waals surface area contributed by atoms with Gasteiger partial charge in [-0.25, -0.2) is 22.2 Å². The average Bonchev–Trinajstić information content (AvgIpc) is 3.25. The van der Waals surface area contributed by atoms with Crippen LogP contribution in [-0.4, -0.2) is 50.5 Å². The molecule has 10 heteroatoms. The van der Waals surface area contributed by atoms with Crippen molar-refractivity contribution in [2.75, 3.05) is 37.7 Å². The third-order valence-electron chi connectivity index (χ3n) is 4.98. The molecule has 0 radical (unpaired) electrons. The van der Waals surface area contributed by atoms with E-state index in [1.165, 1.54) is 11.3 Å². The Hall–Kier alpha value is -2.56. The Morgan fingerprint density at radius 1 is 1.03 bits per heavy atom. The molecule has 4 rings (SSSR count). The molecule has 164 valence electrons. The SMILES string of the molecule is CCOc1ccc(-c2csc(N3CCN(S(=O)(=O)c4c(F)cccc4F)CC3)n2)cc1. The molecule has 2 heterocycles. The molecule has 1 fully saturated rings. The zero-order valence-electron chi connectivity index (χ0n) is 16.8. The highest BCUT2D eigenvalue weighted by atomic mass is 32.2. The lowest BCUT2D eigenvalue weighted by atomic mass is 10.2. The van der Waals surface area contributed by atoms with Crippen molar-refractivity contribution in [2.45, 2.75) is 11.8 Å². The quantitative estimate of drug-likeness (QED) is 0.551. The van der Waals surface area contributed by atoms with E-state index in [0.717, 1.165) is 44.6 Å². The molecule has 0 saturated carbocycles. The number of ether oxygens (including phenoxy) is 1. The Morgan fingerprint density at radius 3 is 2.29 bits per heavy atom. The Kier molecular flexibility index (Phi) is 6.22. The molecule has 0 N–H and O–H groups in total. The zero-order valence-corrected chi connectivity index (χ0v) is 18.4. The Bertz CT molecular complexity index is 1140. The van der Waals surface area contributed by atoms with Gasteiger partial charge in [0.25, 0.3) is 0 Å². The highest BCUT2D eigenvalue weighted by Gasteiger charge is 2.33. The molecule has 0 bridgehead atoms. The molecule has 1 saturated heterocycles. The van der Waals surface area contributed by atoms with Crippen molar-refractivity contribution in [3.63, 3.8) is 0 Å². The van der Waals surface area contributed by atoms with Crippen LogP contribution in [-0.2, 0) is 10.0 Å². The van der Waals surface area contributed by atoms with Crippen molar-refractivity contribution < 1.29 is 21.9 Å². The van der Waals surface area contributed by atoms with Crippen molar-refractivity contribution in [3.05, 3.63) is 59.5 Å². The van der Waals surface area contributed by atoms with E-state index in [1.807, 2.05) is 41.5 Å². The average molecular weight is 466 g/mol. The second-order valence-electron chi connectivity index (χ2n) is 6.91. The molecular formula is C21H21F2N3O3S2. The minimum absolute atomic E-state index is 0.119. The summed E-state index contributed by atoms with van der Waals surface area (Å²) in [5.41, 5.74) is 1.79. The number of benzene rings is 2. The van der Waals surface area contributed by atoms with Crippen LogP contribution < -0.4 is 9.64 Å². The Morgan fingerprint density at radius 2 is 1.68 bits per heavy atom. The van der Waals surface area contributed by atoms with Gasteiger partial charge in [-0.05, 0) is 43.3 Å². The predicted molar refractivity (Wildman–Crippen MR) is 116 cm³/mol. The van der Waals surface area contributed by atoms with Crippen LogP contribution in [0.3, 0.4) is 0 Å². The van der Waals surface area contributed by atoms with Gasteiger partial charge >= 0.3 is 0 Å². The van der Waals surface area contributed by atoms with Gasteiger partial charge in [-0.15, -0.1) is 11.3 Å².